The lowest BCUT2D eigenvalue weighted by atomic mass is 10.0. The summed E-state index contributed by atoms with van der Waals surface area (Å²) in [5, 5.41) is 1.87. The van der Waals surface area contributed by atoms with Crippen molar-refractivity contribution in [1.29, 1.82) is 0 Å². The summed E-state index contributed by atoms with van der Waals surface area (Å²) in [5.41, 5.74) is 1.20. The summed E-state index contributed by atoms with van der Waals surface area (Å²) in [6.45, 7) is 4.84. The van der Waals surface area contributed by atoms with Gasteiger partial charge in [0.15, 0.2) is 0 Å². The molecule has 5 heteroatoms. The van der Waals surface area contributed by atoms with E-state index in [0.717, 1.165) is 6.42 Å². The molecule has 0 aliphatic carbocycles. The Bertz CT molecular complexity index is 707. The van der Waals surface area contributed by atoms with E-state index in [9.17, 15) is 9.59 Å². The number of thiophene rings is 1. The normalized spacial score (nSPS) is 17.3. The van der Waals surface area contributed by atoms with Gasteiger partial charge in [0.25, 0.3) is 5.91 Å². The maximum atomic E-state index is 12.5. The minimum Gasteiger partial charge on any atom is -0.425 e. The number of ether oxygens (including phenoxy) is 1. The van der Waals surface area contributed by atoms with Gasteiger partial charge in [-0.2, -0.15) is 0 Å². The Kier molecular flexibility index (Phi) is 5.00. The maximum Gasteiger partial charge on any atom is 0.334 e. The van der Waals surface area contributed by atoms with Crippen LogP contribution in [0.5, 0.6) is 5.75 Å². The zero-order valence-corrected chi connectivity index (χ0v) is 14.7. The van der Waals surface area contributed by atoms with E-state index < -0.39 is 6.04 Å². The van der Waals surface area contributed by atoms with Crippen LogP contribution in [0.3, 0.4) is 0 Å². The number of benzene rings is 1. The molecule has 1 amide bonds. The number of carbonyl (C=O) groups excluding carboxylic acids is 2. The fourth-order valence-corrected chi connectivity index (χ4v) is 3.58. The fraction of sp³-hybridized carbons (Fsp3) is 0.368. The Morgan fingerprint density at radius 3 is 2.58 bits per heavy atom. The molecule has 0 N–H and O–H groups in total. The Hall–Kier alpha value is -2.14. The minimum atomic E-state index is -0.496. The van der Waals surface area contributed by atoms with Gasteiger partial charge in [-0.05, 0) is 47.9 Å². The van der Waals surface area contributed by atoms with Gasteiger partial charge in [-0.3, -0.25) is 4.79 Å². The first-order valence-corrected chi connectivity index (χ1v) is 9.10. The van der Waals surface area contributed by atoms with Gasteiger partial charge in [0.1, 0.15) is 11.8 Å². The summed E-state index contributed by atoms with van der Waals surface area (Å²) in [6, 6.07) is 10.7. The van der Waals surface area contributed by atoms with Gasteiger partial charge < -0.3 is 9.64 Å². The van der Waals surface area contributed by atoms with Gasteiger partial charge >= 0.3 is 5.97 Å². The molecule has 0 bridgehead atoms. The molecule has 4 nitrogen and oxygen atoms in total. The number of amides is 1. The molecule has 126 valence electrons. The Balaban J connectivity index is 1.68. The standard InChI is InChI=1S/C19H21NO3S/c1-13(2)14-7-9-15(10-8-14)23-19(22)16-5-3-11-20(16)18(21)17-6-4-12-24-17/h4,6-10,12-13,16H,3,5,11H2,1-2H3. The SMILES string of the molecule is CC(C)c1ccc(OC(=O)C2CCCN2C(=O)c2cccs2)cc1. The quantitative estimate of drug-likeness (QED) is 0.621. The molecule has 0 spiro atoms. The first-order chi connectivity index (χ1) is 11.6. The van der Waals surface area contributed by atoms with Gasteiger partial charge in [-0.25, -0.2) is 4.79 Å². The fourth-order valence-electron chi connectivity index (χ4n) is 2.90. The third-order valence-electron chi connectivity index (χ3n) is 4.28. The summed E-state index contributed by atoms with van der Waals surface area (Å²) in [4.78, 5) is 27.3. The summed E-state index contributed by atoms with van der Waals surface area (Å²) in [5.74, 6) is 0.526. The second kappa shape index (κ2) is 7.18. The molecule has 2 heterocycles. The second-order valence-corrected chi connectivity index (χ2v) is 7.23. The third kappa shape index (κ3) is 3.51. The van der Waals surface area contributed by atoms with Crippen molar-refractivity contribution in [1.82, 2.24) is 4.90 Å². The van der Waals surface area contributed by atoms with Crippen molar-refractivity contribution in [2.24, 2.45) is 0 Å². The van der Waals surface area contributed by atoms with Gasteiger partial charge in [0, 0.05) is 6.54 Å². The van der Waals surface area contributed by atoms with Crippen LogP contribution in [-0.2, 0) is 4.79 Å². The molecular formula is C19H21NO3S. The smallest absolute Gasteiger partial charge is 0.334 e. The first-order valence-electron chi connectivity index (χ1n) is 8.22. The van der Waals surface area contributed by atoms with E-state index in [4.69, 9.17) is 4.74 Å². The van der Waals surface area contributed by atoms with Gasteiger partial charge in [-0.15, -0.1) is 11.3 Å². The lowest BCUT2D eigenvalue weighted by Gasteiger charge is -2.22. The number of hydrogen-bond donors (Lipinski definition) is 0. The summed E-state index contributed by atoms with van der Waals surface area (Å²) in [6.07, 6.45) is 1.48. The third-order valence-corrected chi connectivity index (χ3v) is 5.14. The molecule has 1 aliphatic rings. The average Bonchev–Trinajstić information content (AvgIpc) is 3.26. The van der Waals surface area contributed by atoms with Crippen molar-refractivity contribution in [2.45, 2.75) is 38.6 Å². The summed E-state index contributed by atoms with van der Waals surface area (Å²) in [7, 11) is 0. The van der Waals surface area contributed by atoms with Crippen LogP contribution in [0.15, 0.2) is 41.8 Å². The van der Waals surface area contributed by atoms with E-state index in [1.807, 2.05) is 35.7 Å². The van der Waals surface area contributed by atoms with E-state index in [-0.39, 0.29) is 11.9 Å². The van der Waals surface area contributed by atoms with Crippen molar-refractivity contribution in [3.63, 3.8) is 0 Å². The van der Waals surface area contributed by atoms with Crippen LogP contribution in [0.25, 0.3) is 0 Å². The molecular weight excluding hydrogens is 322 g/mol. The highest BCUT2D eigenvalue weighted by Crippen LogP contribution is 2.25. The highest BCUT2D eigenvalue weighted by atomic mass is 32.1. The summed E-state index contributed by atoms with van der Waals surface area (Å²) >= 11 is 1.40. The van der Waals surface area contributed by atoms with Gasteiger partial charge in [-0.1, -0.05) is 32.0 Å². The molecule has 1 atom stereocenters. The zero-order chi connectivity index (χ0) is 17.1. The number of rotatable bonds is 4. The number of esters is 1. The summed E-state index contributed by atoms with van der Waals surface area (Å²) < 4.78 is 5.50. The Labute approximate surface area is 146 Å². The molecule has 0 saturated carbocycles. The van der Waals surface area contributed by atoms with E-state index in [1.54, 1.807) is 11.0 Å². The largest absolute Gasteiger partial charge is 0.425 e. The maximum absolute atomic E-state index is 12.5. The van der Waals surface area contributed by atoms with Crippen molar-refractivity contribution in [2.75, 3.05) is 6.54 Å². The molecule has 3 rings (SSSR count). The lowest BCUT2D eigenvalue weighted by Crippen LogP contribution is -2.42. The average molecular weight is 343 g/mol. The van der Waals surface area contributed by atoms with Crippen LogP contribution < -0.4 is 4.74 Å². The lowest BCUT2D eigenvalue weighted by molar-refractivity contribution is -0.138. The monoisotopic (exact) mass is 343 g/mol. The van der Waals surface area contributed by atoms with Crippen LogP contribution in [0, 0.1) is 0 Å². The first kappa shape index (κ1) is 16.7. The van der Waals surface area contributed by atoms with E-state index in [1.165, 1.54) is 16.9 Å². The van der Waals surface area contributed by atoms with Gasteiger partial charge in [0.2, 0.25) is 0 Å². The predicted molar refractivity (Wildman–Crippen MR) is 94.5 cm³/mol. The molecule has 1 aromatic heterocycles. The van der Waals surface area contributed by atoms with Crippen LogP contribution in [-0.4, -0.2) is 29.4 Å². The van der Waals surface area contributed by atoms with Crippen LogP contribution in [0.1, 0.15) is 47.8 Å². The topological polar surface area (TPSA) is 46.6 Å². The van der Waals surface area contributed by atoms with Crippen molar-refractivity contribution < 1.29 is 14.3 Å². The highest BCUT2D eigenvalue weighted by Gasteiger charge is 2.36. The Morgan fingerprint density at radius 2 is 1.96 bits per heavy atom. The number of carbonyl (C=O) groups is 2. The van der Waals surface area contributed by atoms with E-state index >= 15 is 0 Å². The van der Waals surface area contributed by atoms with Crippen molar-refractivity contribution in [3.05, 3.63) is 52.2 Å². The Morgan fingerprint density at radius 1 is 1.21 bits per heavy atom. The van der Waals surface area contributed by atoms with Crippen molar-refractivity contribution in [3.8, 4) is 5.75 Å². The second-order valence-electron chi connectivity index (χ2n) is 6.28. The molecule has 1 aromatic carbocycles. The van der Waals surface area contributed by atoms with E-state index in [2.05, 4.69) is 13.8 Å². The van der Waals surface area contributed by atoms with E-state index in [0.29, 0.717) is 29.5 Å². The number of likely N-dealkylation sites (tertiary alicyclic amines) is 1. The minimum absolute atomic E-state index is 0.0837. The molecule has 0 radical (unpaired) electrons. The molecule has 2 aromatic rings. The van der Waals surface area contributed by atoms with Crippen LogP contribution in [0.2, 0.25) is 0 Å². The number of nitrogens with zero attached hydrogens (tertiary/aromatic N) is 1. The molecule has 24 heavy (non-hydrogen) atoms. The zero-order valence-electron chi connectivity index (χ0n) is 13.9. The highest BCUT2D eigenvalue weighted by molar-refractivity contribution is 7.12. The predicted octanol–water partition coefficient (Wildman–Crippen LogP) is 4.08. The number of hydrogen-bond acceptors (Lipinski definition) is 4. The van der Waals surface area contributed by atoms with Gasteiger partial charge in [0.05, 0.1) is 4.88 Å². The molecule has 1 aliphatic heterocycles. The molecule has 1 fully saturated rings. The van der Waals surface area contributed by atoms with Crippen LogP contribution in [0.4, 0.5) is 0 Å². The molecule has 1 saturated heterocycles. The van der Waals surface area contributed by atoms with Crippen molar-refractivity contribution >= 4 is 23.2 Å². The van der Waals surface area contributed by atoms with Crippen LogP contribution >= 0.6 is 11.3 Å². The molecule has 1 unspecified atom stereocenters.